The molecule has 7 heteroatoms. The van der Waals surface area contributed by atoms with Crippen LogP contribution >= 0.6 is 12.2 Å². The molecule has 0 atom stereocenters. The van der Waals surface area contributed by atoms with Crippen molar-refractivity contribution >= 4 is 12.2 Å². The Morgan fingerprint density at radius 3 is 2.67 bits per heavy atom. The number of ether oxygens (including phenoxy) is 1. The molecule has 1 aromatic carbocycles. The summed E-state index contributed by atoms with van der Waals surface area (Å²) in [6.07, 6.45) is 0. The van der Waals surface area contributed by atoms with E-state index in [1.807, 2.05) is 6.07 Å². The van der Waals surface area contributed by atoms with Crippen molar-refractivity contribution in [2.75, 3.05) is 26.3 Å². The summed E-state index contributed by atoms with van der Waals surface area (Å²) in [6, 6.07) is 6.20. The van der Waals surface area contributed by atoms with Gasteiger partial charge in [0.2, 0.25) is 4.77 Å². The van der Waals surface area contributed by atoms with Crippen LogP contribution < -0.4 is 4.90 Å². The Kier molecular flexibility index (Phi) is 4.14. The maximum Gasteiger partial charge on any atom is 0.225 e. The summed E-state index contributed by atoms with van der Waals surface area (Å²) in [5, 5.41) is 8.41. The van der Waals surface area contributed by atoms with E-state index in [-0.39, 0.29) is 0 Å². The number of nitrogens with zero attached hydrogens (tertiary/aromatic N) is 4. The molecule has 3 rings (SSSR count). The van der Waals surface area contributed by atoms with Crippen LogP contribution in [0.5, 0.6) is 0 Å². The zero-order valence-electron chi connectivity index (χ0n) is 12.4. The minimum Gasteiger partial charge on any atom is -0.370 e. The molecule has 21 heavy (non-hydrogen) atoms. The van der Waals surface area contributed by atoms with Crippen LogP contribution in [0.25, 0.3) is 5.69 Å². The number of benzene rings is 1. The highest BCUT2D eigenvalue weighted by Crippen LogP contribution is 2.13. The third-order valence-corrected chi connectivity index (χ3v) is 4.33. The second-order valence-electron chi connectivity index (χ2n) is 5.46. The predicted molar refractivity (Wildman–Crippen MR) is 81.2 cm³/mol. The molecule has 0 amide bonds. The summed E-state index contributed by atoms with van der Waals surface area (Å²) in [5.41, 5.74) is 3.45. The van der Waals surface area contributed by atoms with Gasteiger partial charge in [0.15, 0.2) is 6.67 Å². The maximum atomic E-state index is 5.51. The van der Waals surface area contributed by atoms with Crippen LogP contribution in [0.2, 0.25) is 0 Å². The molecule has 0 aliphatic carbocycles. The van der Waals surface area contributed by atoms with Crippen molar-refractivity contribution in [1.82, 2.24) is 19.8 Å². The monoisotopic (exact) mass is 306 g/mol. The Bertz CT molecular complexity index is 687. The molecule has 2 heterocycles. The van der Waals surface area contributed by atoms with Gasteiger partial charge in [-0.3, -0.25) is 0 Å². The van der Waals surface area contributed by atoms with Crippen LogP contribution in [0, 0.1) is 18.6 Å². The van der Waals surface area contributed by atoms with Crippen LogP contribution in [0.3, 0.4) is 0 Å². The van der Waals surface area contributed by atoms with Crippen molar-refractivity contribution in [2.45, 2.75) is 20.5 Å². The maximum absolute atomic E-state index is 5.51. The average molecular weight is 306 g/mol. The third-order valence-electron chi connectivity index (χ3n) is 3.95. The molecule has 0 saturated carbocycles. The Labute approximate surface area is 128 Å². The van der Waals surface area contributed by atoms with Gasteiger partial charge in [-0.05, 0) is 59.8 Å². The van der Waals surface area contributed by atoms with E-state index in [0.717, 1.165) is 38.7 Å². The number of hydrogen-bond donors (Lipinski definition) is 1. The van der Waals surface area contributed by atoms with Gasteiger partial charge >= 0.3 is 0 Å². The van der Waals surface area contributed by atoms with Crippen molar-refractivity contribution in [3.8, 4) is 5.69 Å². The fraction of sp³-hybridized carbons (Fsp3) is 0.500. The van der Waals surface area contributed by atoms with Gasteiger partial charge in [-0.2, -0.15) is 9.36 Å². The molecule has 112 valence electrons. The molecule has 0 bridgehead atoms. The normalized spacial score (nSPS) is 16.3. The van der Waals surface area contributed by atoms with E-state index in [1.54, 1.807) is 9.36 Å². The summed E-state index contributed by atoms with van der Waals surface area (Å²) in [7, 11) is 0. The number of quaternary nitrogens is 1. The average Bonchev–Trinajstić information content (AvgIpc) is 2.84. The van der Waals surface area contributed by atoms with E-state index in [2.05, 4.69) is 36.4 Å². The van der Waals surface area contributed by atoms with Gasteiger partial charge in [-0.25, -0.2) is 0 Å². The SMILES string of the molecule is Cc1ccc(-n2nnn(C[NH+]3CCOCC3)c2=S)cc1C. The first kappa shape index (κ1) is 14.4. The predicted octanol–water partition coefficient (Wildman–Crippen LogP) is 0.288. The van der Waals surface area contributed by atoms with Gasteiger partial charge in [0.05, 0.1) is 18.9 Å². The number of morpholine rings is 1. The molecule has 1 aliphatic heterocycles. The van der Waals surface area contributed by atoms with Gasteiger partial charge in [-0.15, -0.1) is 0 Å². The lowest BCUT2D eigenvalue weighted by molar-refractivity contribution is -0.931. The van der Waals surface area contributed by atoms with E-state index in [4.69, 9.17) is 17.0 Å². The summed E-state index contributed by atoms with van der Waals surface area (Å²) in [5.74, 6) is 0. The Hall–Kier alpha value is -1.57. The smallest absolute Gasteiger partial charge is 0.225 e. The molecule has 1 N–H and O–H groups in total. The Balaban J connectivity index is 1.84. The summed E-state index contributed by atoms with van der Waals surface area (Å²) < 4.78 is 9.53. The van der Waals surface area contributed by atoms with Gasteiger partial charge in [0.25, 0.3) is 0 Å². The van der Waals surface area contributed by atoms with E-state index < -0.39 is 0 Å². The van der Waals surface area contributed by atoms with E-state index in [1.165, 1.54) is 16.0 Å². The van der Waals surface area contributed by atoms with E-state index in [9.17, 15) is 0 Å². The summed E-state index contributed by atoms with van der Waals surface area (Å²) in [6.45, 7) is 8.49. The summed E-state index contributed by atoms with van der Waals surface area (Å²) >= 11 is 5.51. The molecule has 1 saturated heterocycles. The topological polar surface area (TPSA) is 49.3 Å². The zero-order chi connectivity index (χ0) is 14.8. The van der Waals surface area contributed by atoms with Crippen LogP contribution in [0.15, 0.2) is 18.2 Å². The molecule has 1 aliphatic rings. The number of rotatable bonds is 3. The van der Waals surface area contributed by atoms with Gasteiger partial charge in [0.1, 0.15) is 13.1 Å². The number of tetrazole rings is 1. The van der Waals surface area contributed by atoms with Crippen molar-refractivity contribution in [3.63, 3.8) is 0 Å². The lowest BCUT2D eigenvalue weighted by Gasteiger charge is -2.22. The first-order valence-corrected chi connectivity index (χ1v) is 7.58. The first-order chi connectivity index (χ1) is 10.1. The molecule has 6 nitrogen and oxygen atoms in total. The molecule has 0 radical (unpaired) electrons. The molecular weight excluding hydrogens is 286 g/mol. The van der Waals surface area contributed by atoms with Crippen molar-refractivity contribution in [2.24, 2.45) is 0 Å². The van der Waals surface area contributed by atoms with Gasteiger partial charge in [0, 0.05) is 0 Å². The third kappa shape index (κ3) is 3.04. The summed E-state index contributed by atoms with van der Waals surface area (Å²) in [4.78, 5) is 1.42. The fourth-order valence-electron chi connectivity index (χ4n) is 2.42. The zero-order valence-corrected chi connectivity index (χ0v) is 13.2. The Morgan fingerprint density at radius 2 is 1.95 bits per heavy atom. The van der Waals surface area contributed by atoms with Crippen LogP contribution in [-0.4, -0.2) is 46.1 Å². The van der Waals surface area contributed by atoms with Crippen molar-refractivity contribution < 1.29 is 9.64 Å². The minimum absolute atomic E-state index is 0.636. The molecule has 1 fully saturated rings. The number of nitrogens with one attached hydrogen (secondary N) is 1. The van der Waals surface area contributed by atoms with Crippen molar-refractivity contribution in [3.05, 3.63) is 34.1 Å². The molecular formula is C14H20N5OS+. The second kappa shape index (κ2) is 6.05. The van der Waals surface area contributed by atoms with E-state index in [0.29, 0.717) is 4.77 Å². The van der Waals surface area contributed by atoms with Crippen LogP contribution in [0.1, 0.15) is 11.1 Å². The lowest BCUT2D eigenvalue weighted by Crippen LogP contribution is -3.13. The molecule has 2 aromatic rings. The number of aromatic nitrogens is 4. The highest BCUT2D eigenvalue weighted by Gasteiger charge is 2.16. The number of aryl methyl sites for hydroxylation is 2. The lowest BCUT2D eigenvalue weighted by atomic mass is 10.1. The van der Waals surface area contributed by atoms with Crippen LogP contribution in [0.4, 0.5) is 0 Å². The minimum atomic E-state index is 0.636. The second-order valence-corrected chi connectivity index (χ2v) is 5.83. The van der Waals surface area contributed by atoms with Crippen molar-refractivity contribution in [1.29, 1.82) is 0 Å². The van der Waals surface area contributed by atoms with Gasteiger partial charge in [-0.1, -0.05) is 6.07 Å². The largest absolute Gasteiger partial charge is 0.370 e. The fourth-order valence-corrected chi connectivity index (χ4v) is 2.67. The van der Waals surface area contributed by atoms with Crippen LogP contribution in [-0.2, 0) is 11.4 Å². The first-order valence-electron chi connectivity index (χ1n) is 7.17. The van der Waals surface area contributed by atoms with E-state index >= 15 is 0 Å². The Morgan fingerprint density at radius 1 is 1.19 bits per heavy atom. The highest BCUT2D eigenvalue weighted by molar-refractivity contribution is 7.71. The highest BCUT2D eigenvalue weighted by atomic mass is 32.1. The number of hydrogen-bond acceptors (Lipinski definition) is 4. The molecule has 1 aromatic heterocycles. The standard InChI is InChI=1S/C14H19N5OS/c1-11-3-4-13(9-12(11)2)19-14(21)18(15-16-19)10-17-5-7-20-8-6-17/h3-4,9H,5-8,10H2,1-2H3/p+1. The molecule has 0 spiro atoms. The van der Waals surface area contributed by atoms with Gasteiger partial charge < -0.3 is 9.64 Å². The molecule has 0 unspecified atom stereocenters. The quantitative estimate of drug-likeness (QED) is 0.828.